The highest BCUT2D eigenvalue weighted by Gasteiger charge is 2.16. The summed E-state index contributed by atoms with van der Waals surface area (Å²) >= 11 is 0. The van der Waals surface area contributed by atoms with Gasteiger partial charge in [-0.25, -0.2) is 8.78 Å². The highest BCUT2D eigenvalue weighted by atomic mass is 19.1. The fraction of sp³-hybridized carbons (Fsp3) is 0.333. The molecule has 6 heteroatoms. The predicted molar refractivity (Wildman–Crippen MR) is 61.5 cm³/mol. The number of benzene rings is 1. The third-order valence-corrected chi connectivity index (χ3v) is 2.43. The van der Waals surface area contributed by atoms with Gasteiger partial charge >= 0.3 is 0 Å². The first-order valence-electron chi connectivity index (χ1n) is 5.44. The van der Waals surface area contributed by atoms with Crippen molar-refractivity contribution in [3.8, 4) is 0 Å². The van der Waals surface area contributed by atoms with Crippen LogP contribution in [-0.2, 0) is 16.0 Å². The lowest BCUT2D eigenvalue weighted by atomic mass is 10.1. The summed E-state index contributed by atoms with van der Waals surface area (Å²) in [5.74, 6) is -2.39. The van der Waals surface area contributed by atoms with Crippen LogP contribution >= 0.6 is 0 Å². The van der Waals surface area contributed by atoms with Gasteiger partial charge in [-0.15, -0.1) is 0 Å². The summed E-state index contributed by atoms with van der Waals surface area (Å²) in [5, 5.41) is 0. The van der Waals surface area contributed by atoms with Crippen LogP contribution in [-0.4, -0.2) is 29.8 Å². The minimum Gasteiger partial charge on any atom is -0.368 e. The molecule has 0 spiro atoms. The first-order valence-corrected chi connectivity index (χ1v) is 5.44. The molecule has 0 unspecified atom stereocenters. The molecule has 0 aromatic heterocycles. The second-order valence-electron chi connectivity index (χ2n) is 3.79. The summed E-state index contributed by atoms with van der Waals surface area (Å²) in [6.07, 6.45) is -0.301. The largest absolute Gasteiger partial charge is 0.368 e. The van der Waals surface area contributed by atoms with Crippen molar-refractivity contribution in [1.82, 2.24) is 4.90 Å². The van der Waals surface area contributed by atoms with Crippen LogP contribution in [0.15, 0.2) is 18.2 Å². The molecular formula is C12H14F2N2O2. The summed E-state index contributed by atoms with van der Waals surface area (Å²) < 4.78 is 26.3. The van der Waals surface area contributed by atoms with E-state index < -0.39 is 23.4 Å². The van der Waals surface area contributed by atoms with E-state index in [1.165, 1.54) is 4.90 Å². The number of amides is 2. The fourth-order valence-corrected chi connectivity index (χ4v) is 1.52. The number of hydrogen-bond donors (Lipinski definition) is 1. The number of hydrogen-bond acceptors (Lipinski definition) is 2. The van der Waals surface area contributed by atoms with Crippen molar-refractivity contribution < 1.29 is 18.4 Å². The average Bonchev–Trinajstić information content (AvgIpc) is 2.30. The molecule has 2 N–H and O–H groups in total. The number of nitrogens with zero attached hydrogens (tertiary/aromatic N) is 1. The molecule has 0 aliphatic rings. The van der Waals surface area contributed by atoms with Gasteiger partial charge < -0.3 is 10.6 Å². The number of nitrogens with two attached hydrogens (primary N) is 1. The lowest BCUT2D eigenvalue weighted by Gasteiger charge is -2.19. The molecule has 18 heavy (non-hydrogen) atoms. The van der Waals surface area contributed by atoms with Gasteiger partial charge in [0.05, 0.1) is 13.0 Å². The molecule has 0 fully saturated rings. The molecule has 1 aromatic rings. The zero-order valence-corrected chi connectivity index (χ0v) is 9.95. The monoisotopic (exact) mass is 256 g/mol. The van der Waals surface area contributed by atoms with Gasteiger partial charge in [0, 0.05) is 12.1 Å². The molecule has 0 aliphatic carbocycles. The lowest BCUT2D eigenvalue weighted by molar-refractivity contribution is -0.134. The number of carbonyl (C=O) groups is 2. The van der Waals surface area contributed by atoms with E-state index in [2.05, 4.69) is 0 Å². The smallest absolute Gasteiger partial charge is 0.237 e. The van der Waals surface area contributed by atoms with E-state index in [9.17, 15) is 18.4 Å². The molecule has 98 valence electrons. The van der Waals surface area contributed by atoms with Gasteiger partial charge in [0.25, 0.3) is 0 Å². The van der Waals surface area contributed by atoms with Crippen LogP contribution in [0.25, 0.3) is 0 Å². The van der Waals surface area contributed by atoms with E-state index >= 15 is 0 Å². The maximum Gasteiger partial charge on any atom is 0.237 e. The SMILES string of the molecule is CCN(CC(N)=O)C(=O)Cc1cc(F)ccc1F. The van der Waals surface area contributed by atoms with E-state index in [-0.39, 0.29) is 25.1 Å². The molecule has 0 bridgehead atoms. The van der Waals surface area contributed by atoms with Crippen LogP contribution in [0.3, 0.4) is 0 Å². The van der Waals surface area contributed by atoms with E-state index in [1.54, 1.807) is 6.92 Å². The highest BCUT2D eigenvalue weighted by molar-refractivity contribution is 5.85. The number of likely N-dealkylation sites (N-methyl/N-ethyl adjacent to an activating group) is 1. The number of primary amides is 1. The van der Waals surface area contributed by atoms with Gasteiger partial charge in [-0.1, -0.05) is 0 Å². The Bertz CT molecular complexity index is 463. The Hall–Kier alpha value is -1.98. The minimum atomic E-state index is -0.653. The van der Waals surface area contributed by atoms with Crippen LogP contribution in [0.4, 0.5) is 8.78 Å². The number of rotatable bonds is 5. The molecule has 1 rings (SSSR count). The Labute approximate surface area is 103 Å². The molecule has 0 aliphatic heterocycles. The first kappa shape index (κ1) is 14.1. The molecule has 0 saturated carbocycles. The Morgan fingerprint density at radius 2 is 2.00 bits per heavy atom. The van der Waals surface area contributed by atoms with E-state index in [4.69, 9.17) is 5.73 Å². The normalized spacial score (nSPS) is 10.2. The van der Waals surface area contributed by atoms with Crippen LogP contribution in [0.5, 0.6) is 0 Å². The molecular weight excluding hydrogens is 242 g/mol. The Kier molecular flexibility index (Phi) is 4.76. The van der Waals surface area contributed by atoms with E-state index in [1.807, 2.05) is 0 Å². The maximum atomic E-state index is 13.3. The van der Waals surface area contributed by atoms with Crippen molar-refractivity contribution in [1.29, 1.82) is 0 Å². The maximum absolute atomic E-state index is 13.3. The van der Waals surface area contributed by atoms with Crippen molar-refractivity contribution in [2.24, 2.45) is 5.73 Å². The van der Waals surface area contributed by atoms with Crippen molar-refractivity contribution in [3.63, 3.8) is 0 Å². The quantitative estimate of drug-likeness (QED) is 0.848. The molecule has 0 atom stereocenters. The van der Waals surface area contributed by atoms with Gasteiger partial charge in [0.2, 0.25) is 11.8 Å². The van der Waals surface area contributed by atoms with Gasteiger partial charge in [-0.2, -0.15) is 0 Å². The summed E-state index contributed by atoms with van der Waals surface area (Å²) in [6.45, 7) is 1.72. The van der Waals surface area contributed by atoms with Crippen molar-refractivity contribution in [2.45, 2.75) is 13.3 Å². The zero-order valence-electron chi connectivity index (χ0n) is 9.95. The topological polar surface area (TPSA) is 63.4 Å². The van der Waals surface area contributed by atoms with Crippen LogP contribution in [0.1, 0.15) is 12.5 Å². The van der Waals surface area contributed by atoms with E-state index in [0.717, 1.165) is 18.2 Å². The molecule has 1 aromatic carbocycles. The number of carbonyl (C=O) groups excluding carboxylic acids is 2. The molecule has 0 heterocycles. The third-order valence-electron chi connectivity index (χ3n) is 2.43. The summed E-state index contributed by atoms with van der Waals surface area (Å²) in [7, 11) is 0. The van der Waals surface area contributed by atoms with Gasteiger partial charge in [0.15, 0.2) is 0 Å². The standard InChI is InChI=1S/C12H14F2N2O2/c1-2-16(7-11(15)17)12(18)6-8-5-9(13)3-4-10(8)14/h3-5H,2,6-7H2,1H3,(H2,15,17). The second-order valence-corrected chi connectivity index (χ2v) is 3.79. The van der Waals surface area contributed by atoms with E-state index in [0.29, 0.717) is 0 Å². The second kappa shape index (κ2) is 6.09. The average molecular weight is 256 g/mol. The lowest BCUT2D eigenvalue weighted by Crippen LogP contribution is -2.39. The molecule has 0 saturated heterocycles. The van der Waals surface area contributed by atoms with Crippen LogP contribution in [0, 0.1) is 11.6 Å². The van der Waals surface area contributed by atoms with Crippen LogP contribution in [0.2, 0.25) is 0 Å². The molecule has 2 amide bonds. The zero-order chi connectivity index (χ0) is 13.7. The third kappa shape index (κ3) is 3.80. The molecule has 4 nitrogen and oxygen atoms in total. The Morgan fingerprint density at radius 1 is 1.33 bits per heavy atom. The molecule has 0 radical (unpaired) electrons. The summed E-state index contributed by atoms with van der Waals surface area (Å²) in [4.78, 5) is 23.7. The summed E-state index contributed by atoms with van der Waals surface area (Å²) in [5.41, 5.74) is 4.95. The number of halogens is 2. The van der Waals surface area contributed by atoms with Crippen molar-refractivity contribution >= 4 is 11.8 Å². The first-order chi connectivity index (χ1) is 8.43. The van der Waals surface area contributed by atoms with Crippen molar-refractivity contribution in [3.05, 3.63) is 35.4 Å². The Morgan fingerprint density at radius 3 is 2.56 bits per heavy atom. The predicted octanol–water partition coefficient (Wildman–Crippen LogP) is 0.841. The van der Waals surface area contributed by atoms with Crippen LogP contribution < -0.4 is 5.73 Å². The highest BCUT2D eigenvalue weighted by Crippen LogP contribution is 2.11. The van der Waals surface area contributed by atoms with Gasteiger partial charge in [-0.05, 0) is 25.1 Å². The Balaban J connectivity index is 2.79. The van der Waals surface area contributed by atoms with Gasteiger partial charge in [0.1, 0.15) is 11.6 Å². The van der Waals surface area contributed by atoms with Crippen molar-refractivity contribution in [2.75, 3.05) is 13.1 Å². The minimum absolute atomic E-state index is 0.0390. The van der Waals surface area contributed by atoms with Gasteiger partial charge in [-0.3, -0.25) is 9.59 Å². The summed E-state index contributed by atoms with van der Waals surface area (Å²) in [6, 6.07) is 2.90. The fourth-order valence-electron chi connectivity index (χ4n) is 1.52.